The first-order chi connectivity index (χ1) is 11.2. The zero-order valence-electron chi connectivity index (χ0n) is 12.9. The van der Waals surface area contributed by atoms with Gasteiger partial charge in [-0.1, -0.05) is 12.1 Å². The minimum atomic E-state index is -0.201. The molecule has 0 spiro atoms. The van der Waals surface area contributed by atoms with Gasteiger partial charge in [-0.15, -0.1) is 0 Å². The molecule has 23 heavy (non-hydrogen) atoms. The summed E-state index contributed by atoms with van der Waals surface area (Å²) >= 11 is 0. The van der Waals surface area contributed by atoms with E-state index >= 15 is 0 Å². The molecule has 0 saturated heterocycles. The summed E-state index contributed by atoms with van der Waals surface area (Å²) < 4.78 is 1.68. The topological polar surface area (TPSA) is 92.1 Å². The molecule has 2 atom stereocenters. The molecule has 1 aromatic heterocycles. The normalized spacial score (nSPS) is 20.4. The predicted molar refractivity (Wildman–Crippen MR) is 84.9 cm³/mol. The highest BCUT2D eigenvalue weighted by molar-refractivity contribution is 5.73. The number of urea groups is 1. The van der Waals surface area contributed by atoms with Crippen LogP contribution in [0.15, 0.2) is 36.9 Å². The van der Waals surface area contributed by atoms with Gasteiger partial charge >= 0.3 is 6.03 Å². The van der Waals surface area contributed by atoms with E-state index in [2.05, 4.69) is 20.7 Å². The van der Waals surface area contributed by atoms with E-state index in [-0.39, 0.29) is 12.1 Å². The Morgan fingerprint density at radius 3 is 2.74 bits per heavy atom. The van der Waals surface area contributed by atoms with Crippen molar-refractivity contribution in [3.8, 4) is 5.69 Å². The van der Waals surface area contributed by atoms with Crippen LogP contribution in [-0.4, -0.2) is 38.6 Å². The number of hydrogen-bond acceptors (Lipinski definition) is 4. The second kappa shape index (κ2) is 7.23. The van der Waals surface area contributed by atoms with Gasteiger partial charge in [0, 0.05) is 13.1 Å². The molecule has 0 aliphatic heterocycles. The summed E-state index contributed by atoms with van der Waals surface area (Å²) in [5.41, 5.74) is 1.94. The van der Waals surface area contributed by atoms with Gasteiger partial charge in [0.05, 0.1) is 11.8 Å². The van der Waals surface area contributed by atoms with E-state index in [4.69, 9.17) is 0 Å². The van der Waals surface area contributed by atoms with Crippen molar-refractivity contribution in [1.82, 2.24) is 25.4 Å². The Morgan fingerprint density at radius 1 is 1.26 bits per heavy atom. The standard InChI is InChI=1S/C16H21N5O2/c22-15-6-3-13(7-15)9-19-16(23)18-8-12-1-4-14(5-2-12)21-11-17-10-20-21/h1-2,4-5,10-11,13,15,22H,3,6-9H2,(H2,18,19,23)/t13-,15-/m1/s1. The number of aliphatic hydroxyl groups is 1. The van der Waals surface area contributed by atoms with Gasteiger partial charge in [0.15, 0.2) is 0 Å². The van der Waals surface area contributed by atoms with Crippen LogP contribution in [0.1, 0.15) is 24.8 Å². The summed E-state index contributed by atoms with van der Waals surface area (Å²) in [6.07, 6.45) is 5.53. The summed E-state index contributed by atoms with van der Waals surface area (Å²) in [6, 6.07) is 7.59. The first kappa shape index (κ1) is 15.5. The first-order valence-electron chi connectivity index (χ1n) is 7.84. The molecule has 122 valence electrons. The summed E-state index contributed by atoms with van der Waals surface area (Å²) in [7, 11) is 0. The molecule has 1 aliphatic carbocycles. The molecule has 1 saturated carbocycles. The Kier molecular flexibility index (Phi) is 4.87. The van der Waals surface area contributed by atoms with Crippen molar-refractivity contribution in [2.75, 3.05) is 6.54 Å². The van der Waals surface area contributed by atoms with Crippen LogP contribution >= 0.6 is 0 Å². The van der Waals surface area contributed by atoms with Crippen molar-refractivity contribution in [3.63, 3.8) is 0 Å². The summed E-state index contributed by atoms with van der Waals surface area (Å²) in [5, 5.41) is 19.2. The Morgan fingerprint density at radius 2 is 2.09 bits per heavy atom. The van der Waals surface area contributed by atoms with Crippen LogP contribution in [0.3, 0.4) is 0 Å². The first-order valence-corrected chi connectivity index (χ1v) is 7.84. The lowest BCUT2D eigenvalue weighted by Gasteiger charge is -2.12. The lowest BCUT2D eigenvalue weighted by atomic mass is 10.1. The SMILES string of the molecule is O=C(NCc1ccc(-n2cncn2)cc1)NC[C@@H]1CC[C@@H](O)C1. The van der Waals surface area contributed by atoms with Crippen LogP contribution in [0.25, 0.3) is 5.69 Å². The highest BCUT2D eigenvalue weighted by Gasteiger charge is 2.22. The number of nitrogens with one attached hydrogen (secondary N) is 2. The molecular formula is C16H21N5O2. The Labute approximate surface area is 134 Å². The van der Waals surface area contributed by atoms with Gasteiger partial charge < -0.3 is 15.7 Å². The molecule has 1 aromatic carbocycles. The van der Waals surface area contributed by atoms with Gasteiger partial charge in [0.2, 0.25) is 0 Å². The monoisotopic (exact) mass is 315 g/mol. The van der Waals surface area contributed by atoms with Crippen molar-refractivity contribution in [2.24, 2.45) is 5.92 Å². The summed E-state index contributed by atoms with van der Waals surface area (Å²) in [4.78, 5) is 15.7. The van der Waals surface area contributed by atoms with Crippen LogP contribution < -0.4 is 10.6 Å². The van der Waals surface area contributed by atoms with E-state index in [1.165, 1.54) is 6.33 Å². The lowest BCUT2D eigenvalue weighted by Crippen LogP contribution is -2.37. The number of hydrogen-bond donors (Lipinski definition) is 3. The molecule has 2 aromatic rings. The fourth-order valence-corrected chi connectivity index (χ4v) is 2.82. The number of aromatic nitrogens is 3. The maximum atomic E-state index is 11.8. The number of nitrogens with zero attached hydrogens (tertiary/aromatic N) is 3. The number of benzene rings is 1. The molecule has 3 N–H and O–H groups in total. The Bertz CT molecular complexity index is 626. The molecular weight excluding hydrogens is 294 g/mol. The highest BCUT2D eigenvalue weighted by Crippen LogP contribution is 2.24. The highest BCUT2D eigenvalue weighted by atomic mass is 16.3. The van der Waals surface area contributed by atoms with E-state index in [9.17, 15) is 9.90 Å². The largest absolute Gasteiger partial charge is 0.393 e. The number of amides is 2. The molecule has 0 radical (unpaired) electrons. The van der Waals surface area contributed by atoms with Crippen LogP contribution in [0.5, 0.6) is 0 Å². The lowest BCUT2D eigenvalue weighted by molar-refractivity contribution is 0.177. The third-order valence-corrected chi connectivity index (χ3v) is 4.14. The average molecular weight is 315 g/mol. The molecule has 7 heteroatoms. The van der Waals surface area contributed by atoms with Crippen LogP contribution in [0.4, 0.5) is 4.79 Å². The maximum absolute atomic E-state index is 11.8. The van der Waals surface area contributed by atoms with E-state index in [1.54, 1.807) is 11.0 Å². The van der Waals surface area contributed by atoms with E-state index in [0.717, 1.165) is 30.5 Å². The van der Waals surface area contributed by atoms with Crippen LogP contribution in [0, 0.1) is 5.92 Å². The number of carbonyl (C=O) groups excluding carboxylic acids is 1. The van der Waals surface area contributed by atoms with E-state index < -0.39 is 0 Å². The third kappa shape index (κ3) is 4.29. The van der Waals surface area contributed by atoms with E-state index in [0.29, 0.717) is 19.0 Å². The number of carbonyl (C=O) groups is 1. The molecule has 0 unspecified atom stereocenters. The van der Waals surface area contributed by atoms with Crippen molar-refractivity contribution in [3.05, 3.63) is 42.5 Å². The van der Waals surface area contributed by atoms with Crippen molar-refractivity contribution in [2.45, 2.75) is 31.9 Å². The fraction of sp³-hybridized carbons (Fsp3) is 0.438. The second-order valence-corrected chi connectivity index (χ2v) is 5.90. The summed E-state index contributed by atoms with van der Waals surface area (Å²) in [6.45, 7) is 1.09. The van der Waals surface area contributed by atoms with Crippen molar-refractivity contribution in [1.29, 1.82) is 0 Å². The molecule has 2 amide bonds. The zero-order valence-corrected chi connectivity index (χ0v) is 12.9. The van der Waals surface area contributed by atoms with Gasteiger partial charge in [-0.3, -0.25) is 0 Å². The van der Waals surface area contributed by atoms with Gasteiger partial charge in [0.1, 0.15) is 12.7 Å². The van der Waals surface area contributed by atoms with Gasteiger partial charge in [-0.25, -0.2) is 14.5 Å². The van der Waals surface area contributed by atoms with E-state index in [1.807, 2.05) is 24.3 Å². The van der Waals surface area contributed by atoms with Gasteiger partial charge in [0.25, 0.3) is 0 Å². The maximum Gasteiger partial charge on any atom is 0.315 e. The van der Waals surface area contributed by atoms with Crippen molar-refractivity contribution < 1.29 is 9.90 Å². The van der Waals surface area contributed by atoms with Gasteiger partial charge in [-0.2, -0.15) is 5.10 Å². The second-order valence-electron chi connectivity index (χ2n) is 5.90. The van der Waals surface area contributed by atoms with Gasteiger partial charge in [-0.05, 0) is 42.9 Å². The third-order valence-electron chi connectivity index (χ3n) is 4.14. The molecule has 1 fully saturated rings. The molecule has 1 heterocycles. The quantitative estimate of drug-likeness (QED) is 0.774. The zero-order chi connectivity index (χ0) is 16.1. The van der Waals surface area contributed by atoms with Crippen LogP contribution in [0.2, 0.25) is 0 Å². The smallest absolute Gasteiger partial charge is 0.315 e. The van der Waals surface area contributed by atoms with Crippen LogP contribution in [-0.2, 0) is 6.54 Å². The molecule has 1 aliphatic rings. The number of rotatable bonds is 5. The molecule has 3 rings (SSSR count). The molecule has 0 bridgehead atoms. The summed E-state index contributed by atoms with van der Waals surface area (Å²) in [5.74, 6) is 0.387. The Hall–Kier alpha value is -2.41. The molecule has 7 nitrogen and oxygen atoms in total. The number of aliphatic hydroxyl groups excluding tert-OH is 1. The van der Waals surface area contributed by atoms with Crippen molar-refractivity contribution >= 4 is 6.03 Å². The minimum Gasteiger partial charge on any atom is -0.393 e. The Balaban J connectivity index is 1.42. The average Bonchev–Trinajstić information content (AvgIpc) is 3.23. The minimum absolute atomic E-state index is 0.174. The predicted octanol–water partition coefficient (Wildman–Crippen LogP) is 1.23. The fourth-order valence-electron chi connectivity index (χ4n) is 2.82.